The molecule has 136 valence electrons. The Labute approximate surface area is 150 Å². The highest BCUT2D eigenvalue weighted by molar-refractivity contribution is 5.90. The number of anilines is 1. The zero-order valence-corrected chi connectivity index (χ0v) is 15.2. The highest BCUT2D eigenvalue weighted by atomic mass is 16.5. The molecule has 0 aromatic heterocycles. The van der Waals surface area contributed by atoms with Gasteiger partial charge in [0.25, 0.3) is 0 Å². The Morgan fingerprint density at radius 2 is 1.84 bits per heavy atom. The Balaban J connectivity index is 1.54. The number of nitrogens with zero attached hydrogens (tertiary/aromatic N) is 3. The van der Waals surface area contributed by atoms with Gasteiger partial charge in [-0.05, 0) is 51.1 Å². The molecule has 0 saturated carbocycles. The highest BCUT2D eigenvalue weighted by Gasteiger charge is 2.21. The van der Waals surface area contributed by atoms with Crippen molar-refractivity contribution in [1.29, 1.82) is 0 Å². The Morgan fingerprint density at radius 3 is 2.52 bits per heavy atom. The van der Waals surface area contributed by atoms with Crippen LogP contribution in [0.15, 0.2) is 36.5 Å². The van der Waals surface area contributed by atoms with Crippen LogP contribution in [0.2, 0.25) is 0 Å². The molecule has 0 atom stereocenters. The lowest BCUT2D eigenvalue weighted by atomic mass is 10.1. The van der Waals surface area contributed by atoms with Gasteiger partial charge in [-0.25, -0.2) is 4.79 Å². The fourth-order valence-electron chi connectivity index (χ4n) is 3.62. The van der Waals surface area contributed by atoms with Crippen molar-refractivity contribution in [1.82, 2.24) is 9.80 Å². The van der Waals surface area contributed by atoms with Gasteiger partial charge in [-0.1, -0.05) is 12.6 Å². The van der Waals surface area contributed by atoms with Crippen molar-refractivity contribution in [2.24, 2.45) is 0 Å². The molecule has 0 spiro atoms. The predicted octanol–water partition coefficient (Wildman–Crippen LogP) is 2.59. The maximum Gasteiger partial charge on any atom is 0.338 e. The number of carbonyl (C=O) groups excluding carboxylic acids is 1. The summed E-state index contributed by atoms with van der Waals surface area (Å²) in [4.78, 5) is 19.2. The molecule has 0 N–H and O–H groups in total. The predicted molar refractivity (Wildman–Crippen MR) is 101 cm³/mol. The van der Waals surface area contributed by atoms with Crippen LogP contribution >= 0.6 is 0 Å². The van der Waals surface area contributed by atoms with E-state index in [9.17, 15) is 4.79 Å². The van der Waals surface area contributed by atoms with E-state index in [4.69, 9.17) is 4.74 Å². The number of esters is 1. The lowest BCUT2D eigenvalue weighted by molar-refractivity contribution is 0.0526. The quantitative estimate of drug-likeness (QED) is 0.742. The molecule has 2 aliphatic rings. The van der Waals surface area contributed by atoms with E-state index in [1.54, 1.807) is 0 Å². The van der Waals surface area contributed by atoms with E-state index in [-0.39, 0.29) is 5.97 Å². The monoisotopic (exact) mass is 343 g/mol. The number of benzene rings is 1. The van der Waals surface area contributed by atoms with Gasteiger partial charge in [0.05, 0.1) is 12.2 Å². The summed E-state index contributed by atoms with van der Waals surface area (Å²) < 4.78 is 5.10. The summed E-state index contributed by atoms with van der Waals surface area (Å²) >= 11 is 0. The van der Waals surface area contributed by atoms with Gasteiger partial charge >= 0.3 is 5.97 Å². The van der Waals surface area contributed by atoms with Crippen LogP contribution in [0.3, 0.4) is 0 Å². The first-order valence-electron chi connectivity index (χ1n) is 9.34. The smallest absolute Gasteiger partial charge is 0.338 e. The van der Waals surface area contributed by atoms with Gasteiger partial charge in [-0.15, -0.1) is 0 Å². The molecule has 0 bridgehead atoms. The highest BCUT2D eigenvalue weighted by Crippen LogP contribution is 2.20. The first-order valence-corrected chi connectivity index (χ1v) is 9.34. The average molecular weight is 343 g/mol. The minimum atomic E-state index is -0.248. The van der Waals surface area contributed by atoms with Gasteiger partial charge in [0.2, 0.25) is 0 Å². The third-order valence-electron chi connectivity index (χ3n) is 5.05. The van der Waals surface area contributed by atoms with Crippen LogP contribution in [0.5, 0.6) is 0 Å². The lowest BCUT2D eigenvalue weighted by Crippen LogP contribution is -2.47. The molecule has 25 heavy (non-hydrogen) atoms. The molecule has 0 amide bonds. The molecule has 2 aliphatic heterocycles. The van der Waals surface area contributed by atoms with E-state index < -0.39 is 0 Å². The standard InChI is InChI=1S/C20H29N3O2/c1-3-25-20(24)18-7-6-8-19(15-18)23-13-11-22(12-14-23)17(2)16-21-9-4-5-10-21/h6-8,15H,2-5,9-14,16H2,1H3. The molecule has 2 fully saturated rings. The van der Waals surface area contributed by atoms with Crippen molar-refractivity contribution in [3.8, 4) is 0 Å². The van der Waals surface area contributed by atoms with Crippen molar-refractivity contribution < 1.29 is 9.53 Å². The summed E-state index contributed by atoms with van der Waals surface area (Å²) in [6, 6.07) is 7.75. The van der Waals surface area contributed by atoms with Gasteiger partial charge < -0.3 is 14.5 Å². The van der Waals surface area contributed by atoms with Crippen molar-refractivity contribution in [2.45, 2.75) is 19.8 Å². The maximum absolute atomic E-state index is 11.9. The molecule has 0 unspecified atom stereocenters. The van der Waals surface area contributed by atoms with E-state index in [0.717, 1.165) is 38.4 Å². The number of piperazine rings is 1. The summed E-state index contributed by atoms with van der Waals surface area (Å²) in [6.45, 7) is 13.8. The molecule has 5 heteroatoms. The number of likely N-dealkylation sites (tertiary alicyclic amines) is 1. The third-order valence-corrected chi connectivity index (χ3v) is 5.05. The van der Waals surface area contributed by atoms with Crippen LogP contribution in [0.25, 0.3) is 0 Å². The molecule has 1 aromatic carbocycles. The van der Waals surface area contributed by atoms with E-state index in [2.05, 4.69) is 27.3 Å². The van der Waals surface area contributed by atoms with E-state index in [1.165, 1.54) is 31.6 Å². The van der Waals surface area contributed by atoms with Crippen LogP contribution in [-0.2, 0) is 4.74 Å². The average Bonchev–Trinajstić information content (AvgIpc) is 3.15. The normalized spacial score (nSPS) is 18.4. The molecule has 0 radical (unpaired) electrons. The van der Waals surface area contributed by atoms with E-state index in [1.807, 2.05) is 25.1 Å². The Hall–Kier alpha value is -2.01. The summed E-state index contributed by atoms with van der Waals surface area (Å²) in [5.74, 6) is -0.248. The number of hydrogen-bond acceptors (Lipinski definition) is 5. The van der Waals surface area contributed by atoms with Crippen molar-refractivity contribution in [2.75, 3.05) is 57.3 Å². The number of carbonyl (C=O) groups is 1. The second-order valence-corrected chi connectivity index (χ2v) is 6.79. The summed E-state index contributed by atoms with van der Waals surface area (Å²) in [5, 5.41) is 0. The van der Waals surface area contributed by atoms with Crippen LogP contribution in [0.1, 0.15) is 30.1 Å². The maximum atomic E-state index is 11.9. The van der Waals surface area contributed by atoms with Gasteiger partial charge in [-0.3, -0.25) is 4.90 Å². The van der Waals surface area contributed by atoms with Gasteiger partial charge in [0.15, 0.2) is 0 Å². The zero-order valence-electron chi connectivity index (χ0n) is 15.2. The topological polar surface area (TPSA) is 36.0 Å². The lowest BCUT2D eigenvalue weighted by Gasteiger charge is -2.39. The number of rotatable bonds is 6. The summed E-state index contributed by atoms with van der Waals surface area (Å²) in [6.07, 6.45) is 2.63. The van der Waals surface area contributed by atoms with Crippen molar-refractivity contribution >= 4 is 11.7 Å². The van der Waals surface area contributed by atoms with Gasteiger partial charge in [-0.2, -0.15) is 0 Å². The third kappa shape index (κ3) is 4.54. The van der Waals surface area contributed by atoms with Gasteiger partial charge in [0, 0.05) is 44.1 Å². The molecule has 3 rings (SSSR count). The molecule has 1 aromatic rings. The second-order valence-electron chi connectivity index (χ2n) is 6.79. The van der Waals surface area contributed by atoms with Crippen molar-refractivity contribution in [3.05, 3.63) is 42.1 Å². The fraction of sp³-hybridized carbons (Fsp3) is 0.550. The SMILES string of the molecule is C=C(CN1CCCC1)N1CCN(c2cccc(C(=O)OCC)c2)CC1. The van der Waals surface area contributed by atoms with E-state index in [0.29, 0.717) is 12.2 Å². The van der Waals surface area contributed by atoms with Crippen LogP contribution in [0, 0.1) is 0 Å². The van der Waals surface area contributed by atoms with Crippen LogP contribution in [0.4, 0.5) is 5.69 Å². The van der Waals surface area contributed by atoms with Crippen LogP contribution in [-0.4, -0.2) is 68.2 Å². The molecule has 5 nitrogen and oxygen atoms in total. The largest absolute Gasteiger partial charge is 0.462 e. The van der Waals surface area contributed by atoms with Crippen molar-refractivity contribution in [3.63, 3.8) is 0 Å². The zero-order chi connectivity index (χ0) is 17.6. The molecular weight excluding hydrogens is 314 g/mol. The molecule has 0 aliphatic carbocycles. The molecule has 2 saturated heterocycles. The minimum absolute atomic E-state index is 0.248. The first kappa shape index (κ1) is 17.8. The Morgan fingerprint density at radius 1 is 1.12 bits per heavy atom. The van der Waals surface area contributed by atoms with Crippen LogP contribution < -0.4 is 4.90 Å². The fourth-order valence-corrected chi connectivity index (χ4v) is 3.62. The summed E-state index contributed by atoms with van der Waals surface area (Å²) in [7, 11) is 0. The molecule has 2 heterocycles. The number of ether oxygens (including phenoxy) is 1. The van der Waals surface area contributed by atoms with Gasteiger partial charge in [0.1, 0.15) is 0 Å². The summed E-state index contributed by atoms with van der Waals surface area (Å²) in [5.41, 5.74) is 2.96. The molecular formula is C20H29N3O2. The first-order chi connectivity index (χ1) is 12.2. The second kappa shape index (κ2) is 8.39. The van der Waals surface area contributed by atoms with E-state index >= 15 is 0 Å². The Bertz CT molecular complexity index is 603. The minimum Gasteiger partial charge on any atom is -0.462 e. The Kier molecular flexibility index (Phi) is 5.97. The number of hydrogen-bond donors (Lipinski definition) is 0.